The Morgan fingerprint density at radius 1 is 1.26 bits per heavy atom. The normalized spacial score (nSPS) is 13.5. The van der Waals surface area contributed by atoms with Gasteiger partial charge >= 0.3 is 5.97 Å². The Hall–Kier alpha value is -2.96. The Labute approximate surface area is 156 Å². The lowest BCUT2D eigenvalue weighted by atomic mass is 9.96. The van der Waals surface area contributed by atoms with Crippen LogP contribution in [0.1, 0.15) is 65.4 Å². The Morgan fingerprint density at radius 2 is 2.04 bits per heavy atom. The second-order valence-corrected chi connectivity index (χ2v) is 6.76. The molecule has 0 bridgehead atoms. The summed E-state index contributed by atoms with van der Waals surface area (Å²) in [7, 11) is 0. The number of amides is 1. The lowest BCUT2D eigenvalue weighted by Crippen LogP contribution is -2.24. The van der Waals surface area contributed by atoms with Crippen molar-refractivity contribution in [1.29, 1.82) is 0 Å². The van der Waals surface area contributed by atoms with Crippen molar-refractivity contribution in [2.45, 2.75) is 45.6 Å². The van der Waals surface area contributed by atoms with Gasteiger partial charge in [0.15, 0.2) is 5.78 Å². The van der Waals surface area contributed by atoms with Gasteiger partial charge in [-0.2, -0.15) is 0 Å². The number of carbonyl (C=O) groups excluding carboxylic acids is 2. The number of carboxylic acids is 1. The van der Waals surface area contributed by atoms with Gasteiger partial charge in [0.2, 0.25) is 5.91 Å². The number of nitrogens with two attached hydrogens (primary N) is 1. The first kappa shape index (κ1) is 18.8. The van der Waals surface area contributed by atoms with Crippen molar-refractivity contribution in [2.75, 3.05) is 6.54 Å². The van der Waals surface area contributed by atoms with Crippen LogP contribution in [-0.4, -0.2) is 39.6 Å². The van der Waals surface area contributed by atoms with Crippen molar-refractivity contribution in [1.82, 2.24) is 4.57 Å². The average molecular weight is 369 g/mol. The highest BCUT2D eigenvalue weighted by molar-refractivity contribution is 6.26. The van der Waals surface area contributed by atoms with Crippen molar-refractivity contribution < 1.29 is 19.5 Å². The van der Waals surface area contributed by atoms with Crippen LogP contribution in [0.3, 0.4) is 0 Å². The summed E-state index contributed by atoms with van der Waals surface area (Å²) in [5.41, 5.74) is 7.81. The monoisotopic (exact) mass is 369 g/mol. The van der Waals surface area contributed by atoms with Gasteiger partial charge in [0.25, 0.3) is 0 Å². The highest BCUT2D eigenvalue weighted by Crippen LogP contribution is 2.33. The maximum absolute atomic E-state index is 12.7. The number of aliphatic carboxylic acids is 1. The molecule has 0 radical (unpaired) electrons. The predicted molar refractivity (Wildman–Crippen MR) is 103 cm³/mol. The zero-order chi connectivity index (χ0) is 19.6. The first-order valence-electron chi connectivity index (χ1n) is 9.19. The van der Waals surface area contributed by atoms with Gasteiger partial charge in [-0.3, -0.25) is 19.4 Å². The van der Waals surface area contributed by atoms with E-state index in [2.05, 4.69) is 11.9 Å². The highest BCUT2D eigenvalue weighted by atomic mass is 16.4. The smallest absolute Gasteiger partial charge is 0.309 e. The predicted octanol–water partition coefficient (Wildman–Crippen LogP) is 2.78. The second kappa shape index (κ2) is 7.73. The van der Waals surface area contributed by atoms with Crippen LogP contribution in [0, 0.1) is 0 Å². The third-order valence-electron chi connectivity index (χ3n) is 4.88. The summed E-state index contributed by atoms with van der Waals surface area (Å²) >= 11 is 0. The number of carbonyl (C=O) groups is 3. The van der Waals surface area contributed by atoms with E-state index in [1.807, 2.05) is 10.6 Å². The molecule has 1 aromatic carbocycles. The molecule has 2 aromatic rings. The lowest BCUT2D eigenvalue weighted by Gasteiger charge is -2.16. The maximum atomic E-state index is 12.7. The summed E-state index contributed by atoms with van der Waals surface area (Å²) in [4.78, 5) is 40.2. The largest absolute Gasteiger partial charge is 0.481 e. The minimum absolute atomic E-state index is 0.113. The molecular weight excluding hydrogens is 346 g/mol. The molecule has 7 nitrogen and oxygen atoms in total. The molecule has 0 fully saturated rings. The van der Waals surface area contributed by atoms with E-state index >= 15 is 0 Å². The van der Waals surface area contributed by atoms with Crippen LogP contribution in [0.2, 0.25) is 0 Å². The first-order valence-corrected chi connectivity index (χ1v) is 9.19. The fraction of sp³-hybridized carbons (Fsp3) is 0.400. The van der Waals surface area contributed by atoms with Gasteiger partial charge in [-0.05, 0) is 18.6 Å². The molecule has 0 unspecified atom stereocenters. The van der Waals surface area contributed by atoms with E-state index in [0.29, 0.717) is 28.9 Å². The fourth-order valence-electron chi connectivity index (χ4n) is 3.71. The Morgan fingerprint density at radius 3 is 2.70 bits per heavy atom. The topological polar surface area (TPSA) is 115 Å². The minimum atomic E-state index is -1.01. The van der Waals surface area contributed by atoms with Crippen molar-refractivity contribution in [2.24, 2.45) is 10.7 Å². The van der Waals surface area contributed by atoms with E-state index in [1.165, 1.54) is 0 Å². The molecular formula is C20H23N3O4. The number of aryl methyl sites for hydroxylation is 1. The summed E-state index contributed by atoms with van der Waals surface area (Å²) in [6.45, 7) is 2.64. The summed E-state index contributed by atoms with van der Waals surface area (Å²) in [5, 5.41) is 9.77. The molecule has 0 spiro atoms. The van der Waals surface area contributed by atoms with Crippen LogP contribution < -0.4 is 5.73 Å². The number of ketones is 1. The highest BCUT2D eigenvalue weighted by Gasteiger charge is 2.31. The van der Waals surface area contributed by atoms with E-state index in [9.17, 15) is 19.5 Å². The number of nitrogens with zero attached hydrogens (tertiary/aromatic N) is 2. The van der Waals surface area contributed by atoms with Crippen LogP contribution in [0.4, 0.5) is 0 Å². The Balaban J connectivity index is 2.24. The summed E-state index contributed by atoms with van der Waals surface area (Å²) in [6.07, 6.45) is 3.85. The van der Waals surface area contributed by atoms with E-state index in [4.69, 9.17) is 5.73 Å². The van der Waals surface area contributed by atoms with Crippen LogP contribution in [0.25, 0.3) is 10.9 Å². The van der Waals surface area contributed by atoms with Crippen molar-refractivity contribution in [3.8, 4) is 0 Å². The van der Waals surface area contributed by atoms with Gasteiger partial charge in [-0.15, -0.1) is 0 Å². The van der Waals surface area contributed by atoms with Gasteiger partial charge in [0.1, 0.15) is 6.54 Å². The Bertz CT molecular complexity index is 956. The molecule has 0 aliphatic carbocycles. The van der Waals surface area contributed by atoms with Gasteiger partial charge in [-0.25, -0.2) is 0 Å². The molecule has 1 amide bonds. The van der Waals surface area contributed by atoms with Gasteiger partial charge in [-0.1, -0.05) is 32.3 Å². The summed E-state index contributed by atoms with van der Waals surface area (Å²) < 4.78 is 1.94. The number of hydrogen-bond acceptors (Lipinski definition) is 4. The molecule has 142 valence electrons. The van der Waals surface area contributed by atoms with Gasteiger partial charge in [0.05, 0.1) is 28.9 Å². The summed E-state index contributed by atoms with van der Waals surface area (Å²) in [5.74, 6) is -1.83. The molecule has 3 rings (SSSR count). The number of Topliss-reactive ketones (excluding diaryl/α,β-unsaturated/α-hetero) is 1. The van der Waals surface area contributed by atoms with Crippen molar-refractivity contribution in [3.05, 3.63) is 35.0 Å². The number of benzene rings is 1. The van der Waals surface area contributed by atoms with E-state index in [0.717, 1.165) is 31.2 Å². The summed E-state index contributed by atoms with van der Waals surface area (Å²) in [6, 6.07) is 5.17. The molecule has 0 atom stereocenters. The zero-order valence-electron chi connectivity index (χ0n) is 15.3. The molecule has 0 saturated carbocycles. The van der Waals surface area contributed by atoms with E-state index in [-0.39, 0.29) is 24.3 Å². The molecule has 27 heavy (non-hydrogen) atoms. The molecule has 0 saturated heterocycles. The second-order valence-electron chi connectivity index (χ2n) is 6.76. The molecule has 1 aromatic heterocycles. The number of primary amides is 1. The molecule has 2 heterocycles. The molecule has 1 aliphatic rings. The molecule has 3 N–H and O–H groups in total. The minimum Gasteiger partial charge on any atom is -0.481 e. The zero-order valence-corrected chi connectivity index (χ0v) is 15.3. The third-order valence-corrected chi connectivity index (χ3v) is 4.88. The number of aromatic nitrogens is 1. The Kier molecular flexibility index (Phi) is 5.39. The first-order chi connectivity index (χ1) is 13.0. The number of fused-ring (bicyclic) bond motifs is 3. The van der Waals surface area contributed by atoms with E-state index < -0.39 is 11.9 Å². The van der Waals surface area contributed by atoms with E-state index in [1.54, 1.807) is 12.1 Å². The number of aliphatic imine (C=N–C) groups is 1. The number of rotatable bonds is 8. The lowest BCUT2D eigenvalue weighted by molar-refractivity contribution is -0.135. The van der Waals surface area contributed by atoms with Crippen LogP contribution in [0.15, 0.2) is 23.2 Å². The fourth-order valence-corrected chi connectivity index (χ4v) is 3.71. The standard InChI is InChI=1S/C20H23N3O4/c1-2-3-4-5-9-23-14-8-6-7-12(20(21)27)17(14)18-15(24)11-22-13(19(18)23)10-16(25)26/h6-8H,2-5,9-11H2,1H3,(H2,21,27)(H,25,26). The number of hydrogen-bond donors (Lipinski definition) is 2. The maximum Gasteiger partial charge on any atom is 0.309 e. The number of carboxylic acid groups (broad SMARTS) is 1. The number of unbranched alkanes of at least 4 members (excludes halogenated alkanes) is 3. The van der Waals surface area contributed by atoms with Crippen molar-refractivity contribution in [3.63, 3.8) is 0 Å². The average Bonchev–Trinajstić information content (AvgIpc) is 2.96. The SMILES string of the molecule is CCCCCCn1c2c(c3c(C(N)=O)cccc31)C(=O)CN=C2CC(=O)O. The molecule has 1 aliphatic heterocycles. The third kappa shape index (κ3) is 3.49. The van der Waals surface area contributed by atoms with Crippen LogP contribution >= 0.6 is 0 Å². The van der Waals surface area contributed by atoms with Crippen LogP contribution in [-0.2, 0) is 11.3 Å². The quantitative estimate of drug-likeness (QED) is 0.696. The van der Waals surface area contributed by atoms with Gasteiger partial charge < -0.3 is 15.4 Å². The van der Waals surface area contributed by atoms with Crippen LogP contribution in [0.5, 0.6) is 0 Å². The van der Waals surface area contributed by atoms with Crippen molar-refractivity contribution >= 4 is 34.3 Å². The van der Waals surface area contributed by atoms with Gasteiger partial charge in [0, 0.05) is 17.5 Å². The molecule has 7 heteroatoms.